The number of hydrogen-bond donors (Lipinski definition) is 5. The van der Waals surface area contributed by atoms with Crippen molar-refractivity contribution in [2.24, 2.45) is 5.11 Å². The summed E-state index contributed by atoms with van der Waals surface area (Å²) in [6.45, 7) is 0.589. The topological polar surface area (TPSA) is 176 Å². The van der Waals surface area contributed by atoms with Gasteiger partial charge in [-0.15, -0.1) is 0 Å². The summed E-state index contributed by atoms with van der Waals surface area (Å²) in [7, 11) is 0. The second kappa shape index (κ2) is 5.29. The van der Waals surface area contributed by atoms with E-state index in [0.717, 1.165) is 6.92 Å². The standard InChI is InChI=1S/C9H15N3O7/c1-8(17)3-9(18,7(15)16)19-5(6(8)14)4(13)2-11-12-10/h4-6,13-14,17-18H,2-3H2,1H3,(H,15,16)/t4-,5-,6+,8-,9-/m1/s1. The number of carbonyl (C=O) groups is 1. The Kier molecular flexibility index (Phi) is 4.35. The van der Waals surface area contributed by atoms with Crippen molar-refractivity contribution in [3.8, 4) is 0 Å². The number of ether oxygens (including phenoxy) is 1. The lowest BCUT2D eigenvalue weighted by Crippen LogP contribution is -2.66. The molecule has 1 aliphatic rings. The van der Waals surface area contributed by atoms with Gasteiger partial charge in [0.25, 0.3) is 5.79 Å². The van der Waals surface area contributed by atoms with Gasteiger partial charge in [-0.2, -0.15) is 0 Å². The fourth-order valence-corrected chi connectivity index (χ4v) is 1.91. The Morgan fingerprint density at radius 1 is 1.63 bits per heavy atom. The normalized spacial score (nSPS) is 40.3. The SMILES string of the molecule is C[C@@]1(O)C[C@](O)(C(=O)O)O[C@H]([C@H](O)CN=[N+]=[N-])[C@@H]1O. The van der Waals surface area contributed by atoms with Crippen LogP contribution in [0.25, 0.3) is 10.4 Å². The van der Waals surface area contributed by atoms with Crippen LogP contribution < -0.4 is 0 Å². The van der Waals surface area contributed by atoms with E-state index in [9.17, 15) is 25.2 Å². The van der Waals surface area contributed by atoms with Gasteiger partial charge in [-0.05, 0) is 12.5 Å². The van der Waals surface area contributed by atoms with Crippen LogP contribution in [0.3, 0.4) is 0 Å². The molecule has 0 spiro atoms. The summed E-state index contributed by atoms with van der Waals surface area (Å²) in [6, 6.07) is 0. The summed E-state index contributed by atoms with van der Waals surface area (Å²) in [5.74, 6) is -4.51. The zero-order valence-electron chi connectivity index (χ0n) is 10.0. The molecule has 19 heavy (non-hydrogen) atoms. The molecule has 1 rings (SSSR count). The lowest BCUT2D eigenvalue weighted by molar-refractivity contribution is -0.325. The maximum absolute atomic E-state index is 10.9. The molecule has 1 fully saturated rings. The highest BCUT2D eigenvalue weighted by Gasteiger charge is 2.57. The van der Waals surface area contributed by atoms with Crippen LogP contribution in [0.4, 0.5) is 0 Å². The first kappa shape index (κ1) is 15.6. The summed E-state index contributed by atoms with van der Waals surface area (Å²) in [4.78, 5) is 13.3. The van der Waals surface area contributed by atoms with Crippen LogP contribution >= 0.6 is 0 Å². The molecule has 0 aromatic rings. The molecule has 0 saturated carbocycles. The van der Waals surface area contributed by atoms with E-state index in [1.807, 2.05) is 0 Å². The summed E-state index contributed by atoms with van der Waals surface area (Å²) in [5, 5.41) is 51.0. The van der Waals surface area contributed by atoms with Gasteiger partial charge in [0.2, 0.25) is 0 Å². The van der Waals surface area contributed by atoms with Gasteiger partial charge in [0.1, 0.15) is 12.2 Å². The van der Waals surface area contributed by atoms with Gasteiger partial charge < -0.3 is 30.3 Å². The van der Waals surface area contributed by atoms with Crippen molar-refractivity contribution in [1.29, 1.82) is 0 Å². The first-order chi connectivity index (χ1) is 8.64. The molecule has 0 radical (unpaired) electrons. The van der Waals surface area contributed by atoms with Gasteiger partial charge >= 0.3 is 5.97 Å². The Morgan fingerprint density at radius 3 is 2.68 bits per heavy atom. The van der Waals surface area contributed by atoms with Gasteiger partial charge in [0.05, 0.1) is 18.2 Å². The van der Waals surface area contributed by atoms with Crippen LogP contribution in [-0.2, 0) is 9.53 Å². The van der Waals surface area contributed by atoms with E-state index in [0.29, 0.717) is 0 Å². The Labute approximate surface area is 107 Å². The second-order valence-corrected chi connectivity index (χ2v) is 4.63. The highest BCUT2D eigenvalue weighted by Crippen LogP contribution is 2.36. The van der Waals surface area contributed by atoms with Gasteiger partial charge in [-0.3, -0.25) is 0 Å². The number of azide groups is 1. The van der Waals surface area contributed by atoms with Crippen molar-refractivity contribution in [3.63, 3.8) is 0 Å². The van der Waals surface area contributed by atoms with Crippen molar-refractivity contribution in [1.82, 2.24) is 0 Å². The minimum atomic E-state index is -2.75. The quantitative estimate of drug-likeness (QED) is 0.232. The highest BCUT2D eigenvalue weighted by molar-refractivity contribution is 5.75. The molecular formula is C9H15N3O7. The van der Waals surface area contributed by atoms with Crippen LogP contribution in [0, 0.1) is 0 Å². The monoisotopic (exact) mass is 277 g/mol. The third-order valence-corrected chi connectivity index (χ3v) is 2.92. The molecule has 10 heteroatoms. The lowest BCUT2D eigenvalue weighted by Gasteiger charge is -2.46. The number of aliphatic hydroxyl groups excluding tert-OH is 2. The van der Waals surface area contributed by atoms with E-state index < -0.39 is 48.6 Å². The zero-order valence-corrected chi connectivity index (χ0v) is 10.0. The maximum Gasteiger partial charge on any atom is 0.364 e. The number of carboxylic acid groups (broad SMARTS) is 1. The summed E-state index contributed by atoms with van der Waals surface area (Å²) >= 11 is 0. The molecule has 108 valence electrons. The van der Waals surface area contributed by atoms with Crippen LogP contribution in [0.2, 0.25) is 0 Å². The highest BCUT2D eigenvalue weighted by atomic mass is 16.7. The van der Waals surface area contributed by atoms with Crippen LogP contribution in [-0.4, -0.2) is 67.7 Å². The third kappa shape index (κ3) is 3.13. The smallest absolute Gasteiger partial charge is 0.364 e. The zero-order chi connectivity index (χ0) is 14.8. The molecule has 0 amide bonds. The molecule has 0 bridgehead atoms. The number of aliphatic carboxylic acids is 1. The number of carboxylic acids is 1. The molecule has 1 saturated heterocycles. The van der Waals surface area contributed by atoms with Gasteiger partial charge in [-0.25, -0.2) is 4.79 Å². The first-order valence-electron chi connectivity index (χ1n) is 5.37. The molecule has 5 N–H and O–H groups in total. The van der Waals surface area contributed by atoms with Crippen molar-refractivity contribution < 1.29 is 35.1 Å². The molecular weight excluding hydrogens is 262 g/mol. The van der Waals surface area contributed by atoms with E-state index in [2.05, 4.69) is 10.0 Å². The average Bonchev–Trinajstić information content (AvgIpc) is 2.30. The second-order valence-electron chi connectivity index (χ2n) is 4.63. The van der Waals surface area contributed by atoms with Crippen molar-refractivity contribution in [3.05, 3.63) is 10.4 Å². The fourth-order valence-electron chi connectivity index (χ4n) is 1.91. The molecule has 5 atom stereocenters. The van der Waals surface area contributed by atoms with Gasteiger partial charge in [0, 0.05) is 11.3 Å². The molecule has 1 heterocycles. The lowest BCUT2D eigenvalue weighted by atomic mass is 9.82. The van der Waals surface area contributed by atoms with E-state index in [1.165, 1.54) is 0 Å². The number of nitrogens with zero attached hydrogens (tertiary/aromatic N) is 3. The summed E-state index contributed by atoms with van der Waals surface area (Å²) in [6.07, 6.45) is -5.63. The van der Waals surface area contributed by atoms with Crippen LogP contribution in [0.1, 0.15) is 13.3 Å². The minimum absolute atomic E-state index is 0.510. The fraction of sp³-hybridized carbons (Fsp3) is 0.889. The Morgan fingerprint density at radius 2 is 2.21 bits per heavy atom. The average molecular weight is 277 g/mol. The van der Waals surface area contributed by atoms with Crippen LogP contribution in [0.5, 0.6) is 0 Å². The Bertz CT molecular complexity index is 409. The van der Waals surface area contributed by atoms with Crippen molar-refractivity contribution >= 4 is 5.97 Å². The molecule has 1 aliphatic heterocycles. The molecule has 0 unspecified atom stereocenters. The van der Waals surface area contributed by atoms with E-state index in [1.54, 1.807) is 0 Å². The number of aliphatic hydroxyl groups is 4. The van der Waals surface area contributed by atoms with Crippen molar-refractivity contribution in [2.75, 3.05) is 6.54 Å². The van der Waals surface area contributed by atoms with Gasteiger partial charge in [-0.1, -0.05) is 5.11 Å². The van der Waals surface area contributed by atoms with Gasteiger partial charge in [0.15, 0.2) is 0 Å². The molecule has 0 aromatic heterocycles. The largest absolute Gasteiger partial charge is 0.477 e. The number of rotatable bonds is 4. The molecule has 0 aromatic carbocycles. The van der Waals surface area contributed by atoms with E-state index >= 15 is 0 Å². The van der Waals surface area contributed by atoms with Crippen LogP contribution in [0.15, 0.2) is 5.11 Å². The van der Waals surface area contributed by atoms with Crippen molar-refractivity contribution in [2.45, 2.75) is 43.0 Å². The Balaban J connectivity index is 3.01. The molecule has 0 aliphatic carbocycles. The van der Waals surface area contributed by atoms with E-state index in [4.69, 9.17) is 15.4 Å². The minimum Gasteiger partial charge on any atom is -0.477 e. The Hall–Kier alpha value is -1.42. The predicted octanol–water partition coefficient (Wildman–Crippen LogP) is -1.67. The predicted molar refractivity (Wildman–Crippen MR) is 58.7 cm³/mol. The summed E-state index contributed by atoms with van der Waals surface area (Å²) < 4.78 is 4.75. The molecule has 10 nitrogen and oxygen atoms in total. The summed E-state index contributed by atoms with van der Waals surface area (Å²) in [5.41, 5.74) is 6.13. The maximum atomic E-state index is 10.9. The first-order valence-corrected chi connectivity index (χ1v) is 5.37. The van der Waals surface area contributed by atoms with E-state index in [-0.39, 0.29) is 0 Å². The number of hydrogen-bond acceptors (Lipinski definition) is 7. The third-order valence-electron chi connectivity index (χ3n) is 2.92.